The van der Waals surface area contributed by atoms with Crippen molar-refractivity contribution in [1.82, 2.24) is 0 Å². The molecule has 1 unspecified atom stereocenters. The molecule has 0 radical (unpaired) electrons. The summed E-state index contributed by atoms with van der Waals surface area (Å²) in [5.41, 5.74) is 17.3. The largest absolute Gasteiger partial charge is 0.456 e. The maximum Gasteiger partial charge on any atom is 0.137 e. The molecular formula is C53H33NO. The monoisotopic (exact) mass is 699 g/mol. The van der Waals surface area contributed by atoms with Crippen molar-refractivity contribution in [2.75, 3.05) is 4.90 Å². The van der Waals surface area contributed by atoms with Gasteiger partial charge in [-0.1, -0.05) is 158 Å². The molecule has 1 atom stereocenters. The Morgan fingerprint density at radius 1 is 0.382 bits per heavy atom. The van der Waals surface area contributed by atoms with Crippen molar-refractivity contribution in [1.29, 1.82) is 0 Å². The van der Waals surface area contributed by atoms with Crippen LogP contribution in [0.3, 0.4) is 0 Å². The first-order valence-electron chi connectivity index (χ1n) is 19.0. The molecule has 10 aromatic rings. The van der Waals surface area contributed by atoms with E-state index in [1.54, 1.807) is 0 Å². The lowest BCUT2D eigenvalue weighted by molar-refractivity contribution is 0.669. The van der Waals surface area contributed by atoms with Gasteiger partial charge in [-0.25, -0.2) is 0 Å². The summed E-state index contributed by atoms with van der Waals surface area (Å²) in [6, 6.07) is 73.4. The number of furan rings is 1. The summed E-state index contributed by atoms with van der Waals surface area (Å²) in [5, 5.41) is 4.79. The highest BCUT2D eigenvalue weighted by atomic mass is 16.3. The van der Waals surface area contributed by atoms with Crippen molar-refractivity contribution in [2.24, 2.45) is 0 Å². The number of para-hydroxylation sites is 2. The first-order chi connectivity index (χ1) is 27.3. The Kier molecular flexibility index (Phi) is 6.29. The maximum absolute atomic E-state index is 6.45. The van der Waals surface area contributed by atoms with Gasteiger partial charge in [0.15, 0.2) is 0 Å². The van der Waals surface area contributed by atoms with Crippen molar-refractivity contribution in [3.05, 3.63) is 222 Å². The van der Waals surface area contributed by atoms with Gasteiger partial charge in [0.05, 0.1) is 16.5 Å². The van der Waals surface area contributed by atoms with Gasteiger partial charge in [0, 0.05) is 16.8 Å². The number of hydrogen-bond donors (Lipinski definition) is 0. The molecule has 1 heterocycles. The molecule has 2 nitrogen and oxygen atoms in total. The third kappa shape index (κ3) is 4.08. The number of fused-ring (bicyclic) bond motifs is 12. The highest BCUT2D eigenvalue weighted by Gasteiger charge is 2.51. The average Bonchev–Trinajstić information content (AvgIpc) is 3.78. The molecule has 2 heteroatoms. The normalized spacial score (nSPS) is 15.0. The van der Waals surface area contributed by atoms with Crippen molar-refractivity contribution >= 4 is 49.8 Å². The van der Waals surface area contributed by atoms with E-state index in [2.05, 4.69) is 199 Å². The van der Waals surface area contributed by atoms with E-state index in [4.69, 9.17) is 4.42 Å². The molecule has 0 saturated carbocycles. The molecule has 256 valence electrons. The summed E-state index contributed by atoms with van der Waals surface area (Å²) in [6.45, 7) is 0. The van der Waals surface area contributed by atoms with Gasteiger partial charge in [-0.2, -0.15) is 0 Å². The fourth-order valence-corrected chi connectivity index (χ4v) is 9.94. The van der Waals surface area contributed by atoms with Gasteiger partial charge in [-0.05, 0) is 109 Å². The number of nitrogens with zero attached hydrogens (tertiary/aromatic N) is 1. The van der Waals surface area contributed by atoms with Crippen LogP contribution >= 0.6 is 0 Å². The summed E-state index contributed by atoms with van der Waals surface area (Å²) in [5.74, 6) is 0. The summed E-state index contributed by atoms with van der Waals surface area (Å²) in [4.78, 5) is 2.42. The molecule has 0 bridgehead atoms. The van der Waals surface area contributed by atoms with Crippen LogP contribution in [0.5, 0.6) is 0 Å². The summed E-state index contributed by atoms with van der Waals surface area (Å²) < 4.78 is 6.45. The molecule has 0 N–H and O–H groups in total. The topological polar surface area (TPSA) is 16.4 Å². The molecule has 0 amide bonds. The van der Waals surface area contributed by atoms with Gasteiger partial charge in [0.1, 0.15) is 11.2 Å². The van der Waals surface area contributed by atoms with Crippen LogP contribution in [0.1, 0.15) is 22.3 Å². The highest BCUT2D eigenvalue weighted by Crippen LogP contribution is 2.64. The lowest BCUT2D eigenvalue weighted by atomic mass is 9.60. The molecule has 0 saturated heterocycles. The van der Waals surface area contributed by atoms with Crippen LogP contribution in [0.25, 0.3) is 66.1 Å². The molecule has 55 heavy (non-hydrogen) atoms. The molecule has 1 spiro atoms. The second-order valence-electron chi connectivity index (χ2n) is 14.7. The van der Waals surface area contributed by atoms with E-state index in [-0.39, 0.29) is 0 Å². The van der Waals surface area contributed by atoms with Crippen LogP contribution in [-0.2, 0) is 5.41 Å². The van der Waals surface area contributed by atoms with Crippen LogP contribution in [-0.4, -0.2) is 0 Å². The summed E-state index contributed by atoms with van der Waals surface area (Å²) >= 11 is 0. The van der Waals surface area contributed by atoms with E-state index in [1.165, 1.54) is 66.4 Å². The Morgan fingerprint density at radius 2 is 1.00 bits per heavy atom. The van der Waals surface area contributed by atoms with Crippen molar-refractivity contribution < 1.29 is 4.42 Å². The molecule has 9 aromatic carbocycles. The first kappa shape index (κ1) is 30.3. The smallest absolute Gasteiger partial charge is 0.137 e. The third-order valence-electron chi connectivity index (χ3n) is 12.0. The Balaban J connectivity index is 1.23. The van der Waals surface area contributed by atoms with Crippen molar-refractivity contribution in [3.63, 3.8) is 0 Å². The number of rotatable bonds is 4. The Morgan fingerprint density at radius 3 is 1.82 bits per heavy atom. The number of anilines is 3. The molecule has 2 aliphatic carbocycles. The zero-order valence-corrected chi connectivity index (χ0v) is 29.9. The van der Waals surface area contributed by atoms with Gasteiger partial charge in [0.2, 0.25) is 0 Å². The maximum atomic E-state index is 6.45. The fraction of sp³-hybridized carbons (Fsp3) is 0.0189. The second-order valence-corrected chi connectivity index (χ2v) is 14.7. The lowest BCUT2D eigenvalue weighted by Crippen LogP contribution is -2.32. The van der Waals surface area contributed by atoms with Gasteiger partial charge in [-0.3, -0.25) is 0 Å². The predicted octanol–water partition coefficient (Wildman–Crippen LogP) is 14.2. The van der Waals surface area contributed by atoms with E-state index < -0.39 is 5.41 Å². The van der Waals surface area contributed by atoms with E-state index >= 15 is 0 Å². The average molecular weight is 700 g/mol. The van der Waals surface area contributed by atoms with E-state index in [1.807, 2.05) is 6.07 Å². The lowest BCUT2D eigenvalue weighted by Gasteiger charge is -2.41. The molecule has 1 aromatic heterocycles. The first-order valence-corrected chi connectivity index (χ1v) is 19.0. The Bertz CT molecular complexity index is 3160. The Hall–Kier alpha value is -7.16. The van der Waals surface area contributed by atoms with Crippen molar-refractivity contribution in [2.45, 2.75) is 5.41 Å². The number of benzene rings is 9. The van der Waals surface area contributed by atoms with Crippen LogP contribution in [0, 0.1) is 0 Å². The molecular weight excluding hydrogens is 667 g/mol. The standard InChI is InChI=1S/C53H33NO/c1-3-15-34(16-4-1)38-31-29-35-17-13-23-42-40-21-8-11-25-45(40)53(52(38)50(35)42)44-24-10-7-20-39(44)41-32-30-37(33-46(41)53)54(36-18-5-2-6-19-36)47-26-14-28-49-51(47)43-22-9-12-27-48(43)55-49/h1-33H. The fourth-order valence-electron chi connectivity index (χ4n) is 9.94. The second kappa shape index (κ2) is 11.4. The van der Waals surface area contributed by atoms with Gasteiger partial charge < -0.3 is 9.32 Å². The van der Waals surface area contributed by atoms with Gasteiger partial charge in [0.25, 0.3) is 0 Å². The van der Waals surface area contributed by atoms with Gasteiger partial charge >= 0.3 is 0 Å². The summed E-state index contributed by atoms with van der Waals surface area (Å²) in [7, 11) is 0. The minimum atomic E-state index is -0.589. The van der Waals surface area contributed by atoms with E-state index in [9.17, 15) is 0 Å². The zero-order valence-electron chi connectivity index (χ0n) is 29.9. The summed E-state index contributed by atoms with van der Waals surface area (Å²) in [6.07, 6.45) is 0. The minimum Gasteiger partial charge on any atom is -0.456 e. The van der Waals surface area contributed by atoms with Crippen LogP contribution in [0.4, 0.5) is 17.1 Å². The quantitative estimate of drug-likeness (QED) is 0.182. The predicted molar refractivity (Wildman–Crippen MR) is 228 cm³/mol. The molecule has 0 fully saturated rings. The van der Waals surface area contributed by atoms with Crippen LogP contribution in [0.2, 0.25) is 0 Å². The van der Waals surface area contributed by atoms with Crippen LogP contribution < -0.4 is 4.90 Å². The molecule has 2 aliphatic rings. The van der Waals surface area contributed by atoms with Crippen molar-refractivity contribution in [3.8, 4) is 33.4 Å². The molecule has 12 rings (SSSR count). The Labute approximate surface area is 319 Å². The minimum absolute atomic E-state index is 0.589. The highest BCUT2D eigenvalue weighted by molar-refractivity contribution is 6.14. The van der Waals surface area contributed by atoms with E-state index in [0.717, 1.165) is 39.0 Å². The number of hydrogen-bond acceptors (Lipinski definition) is 2. The SMILES string of the molecule is c1ccc(-c2ccc3cccc4c3c2C2(c3ccccc3-c3ccc(N(c5ccccc5)c5cccc6oc7ccccc7c56)cc32)c2ccccc2-4)cc1. The zero-order chi connectivity index (χ0) is 36.1. The van der Waals surface area contributed by atoms with Crippen LogP contribution in [0.15, 0.2) is 205 Å². The van der Waals surface area contributed by atoms with Gasteiger partial charge in [-0.15, -0.1) is 0 Å². The molecule has 0 aliphatic heterocycles. The third-order valence-corrected chi connectivity index (χ3v) is 12.0. The van der Waals surface area contributed by atoms with E-state index in [0.29, 0.717) is 0 Å².